The maximum atomic E-state index is 3.55. The first-order valence-electron chi connectivity index (χ1n) is 6.83. The lowest BCUT2D eigenvalue weighted by atomic mass is 10.2. The van der Waals surface area contributed by atoms with Gasteiger partial charge in [-0.2, -0.15) is 0 Å². The van der Waals surface area contributed by atoms with Crippen LogP contribution in [0.15, 0.2) is 29.2 Å². The van der Waals surface area contributed by atoms with E-state index in [-0.39, 0.29) is 0 Å². The summed E-state index contributed by atoms with van der Waals surface area (Å²) in [5, 5.41) is 3.55. The summed E-state index contributed by atoms with van der Waals surface area (Å²) in [6.07, 6.45) is 6.74. The van der Waals surface area contributed by atoms with Crippen LogP contribution in [0.4, 0.5) is 0 Å². The number of benzene rings is 1. The SMILES string of the molecule is CCCCCSc1ccc(CNC2CC2)cc1. The van der Waals surface area contributed by atoms with Gasteiger partial charge in [-0.25, -0.2) is 0 Å². The molecule has 0 atom stereocenters. The largest absolute Gasteiger partial charge is 0.310 e. The minimum Gasteiger partial charge on any atom is -0.310 e. The van der Waals surface area contributed by atoms with Gasteiger partial charge < -0.3 is 5.32 Å². The summed E-state index contributed by atoms with van der Waals surface area (Å²) in [5.41, 5.74) is 1.41. The third kappa shape index (κ3) is 5.13. The Morgan fingerprint density at radius 3 is 2.59 bits per heavy atom. The molecule has 2 heteroatoms. The summed E-state index contributed by atoms with van der Waals surface area (Å²) in [4.78, 5) is 1.41. The smallest absolute Gasteiger partial charge is 0.0208 e. The van der Waals surface area contributed by atoms with Gasteiger partial charge >= 0.3 is 0 Å². The molecule has 0 amide bonds. The topological polar surface area (TPSA) is 12.0 Å². The Balaban J connectivity index is 1.68. The molecule has 0 aromatic heterocycles. The highest BCUT2D eigenvalue weighted by Crippen LogP contribution is 2.21. The molecule has 94 valence electrons. The predicted octanol–water partition coefficient (Wildman–Crippen LogP) is 4.22. The van der Waals surface area contributed by atoms with Gasteiger partial charge in [-0.05, 0) is 42.7 Å². The summed E-state index contributed by atoms with van der Waals surface area (Å²) in [6, 6.07) is 9.86. The first-order valence-corrected chi connectivity index (χ1v) is 7.82. The monoisotopic (exact) mass is 249 g/mol. The Labute approximate surface area is 109 Å². The zero-order valence-electron chi connectivity index (χ0n) is 10.7. The van der Waals surface area contributed by atoms with E-state index in [4.69, 9.17) is 0 Å². The van der Waals surface area contributed by atoms with Crippen molar-refractivity contribution in [2.24, 2.45) is 0 Å². The lowest BCUT2D eigenvalue weighted by Crippen LogP contribution is -2.14. The van der Waals surface area contributed by atoms with Crippen LogP contribution in [0, 0.1) is 0 Å². The van der Waals surface area contributed by atoms with E-state index in [1.54, 1.807) is 0 Å². The highest BCUT2D eigenvalue weighted by atomic mass is 32.2. The molecule has 1 aromatic rings. The fourth-order valence-corrected chi connectivity index (χ4v) is 2.71. The van der Waals surface area contributed by atoms with Crippen LogP contribution >= 0.6 is 11.8 Å². The van der Waals surface area contributed by atoms with Gasteiger partial charge in [-0.1, -0.05) is 31.9 Å². The van der Waals surface area contributed by atoms with Gasteiger partial charge in [0.15, 0.2) is 0 Å². The number of hydrogen-bond donors (Lipinski definition) is 1. The minimum absolute atomic E-state index is 0.804. The first kappa shape index (κ1) is 13.0. The Kier molecular flexibility index (Phi) is 5.40. The van der Waals surface area contributed by atoms with Crippen LogP contribution in [-0.4, -0.2) is 11.8 Å². The second-order valence-electron chi connectivity index (χ2n) is 4.85. The molecule has 0 heterocycles. The Hall–Kier alpha value is -0.470. The van der Waals surface area contributed by atoms with Crippen molar-refractivity contribution in [3.63, 3.8) is 0 Å². The van der Waals surface area contributed by atoms with Gasteiger partial charge in [0.05, 0.1) is 0 Å². The van der Waals surface area contributed by atoms with Gasteiger partial charge in [-0.3, -0.25) is 0 Å². The maximum absolute atomic E-state index is 3.55. The fraction of sp³-hybridized carbons (Fsp3) is 0.600. The highest BCUT2D eigenvalue weighted by molar-refractivity contribution is 7.99. The van der Waals surface area contributed by atoms with E-state index in [9.17, 15) is 0 Å². The molecule has 0 bridgehead atoms. The Morgan fingerprint density at radius 1 is 1.18 bits per heavy atom. The molecule has 0 aliphatic heterocycles. The molecule has 0 unspecified atom stereocenters. The number of rotatable bonds is 8. The number of thioether (sulfide) groups is 1. The molecule has 1 aliphatic carbocycles. The number of nitrogens with one attached hydrogen (secondary N) is 1. The van der Waals surface area contributed by atoms with Gasteiger partial charge in [0, 0.05) is 17.5 Å². The van der Waals surface area contributed by atoms with Crippen LogP contribution < -0.4 is 5.32 Å². The normalized spacial score (nSPS) is 15.1. The third-order valence-electron chi connectivity index (χ3n) is 3.11. The molecule has 0 radical (unpaired) electrons. The van der Waals surface area contributed by atoms with Gasteiger partial charge in [0.25, 0.3) is 0 Å². The summed E-state index contributed by atoms with van der Waals surface area (Å²) >= 11 is 1.99. The lowest BCUT2D eigenvalue weighted by Gasteiger charge is -2.05. The summed E-state index contributed by atoms with van der Waals surface area (Å²) < 4.78 is 0. The standard InChI is InChI=1S/C15H23NS/c1-2-3-4-11-17-15-9-5-13(6-10-15)12-16-14-7-8-14/h5-6,9-10,14,16H,2-4,7-8,11-12H2,1H3. The van der Waals surface area contributed by atoms with Crippen LogP contribution in [0.5, 0.6) is 0 Å². The van der Waals surface area contributed by atoms with E-state index in [1.165, 1.54) is 48.3 Å². The molecule has 17 heavy (non-hydrogen) atoms. The average molecular weight is 249 g/mol. The van der Waals surface area contributed by atoms with Crippen LogP contribution in [0.25, 0.3) is 0 Å². The van der Waals surface area contributed by atoms with Crippen molar-refractivity contribution in [1.82, 2.24) is 5.32 Å². The molecule has 1 nitrogen and oxygen atoms in total. The summed E-state index contributed by atoms with van der Waals surface area (Å²) in [5.74, 6) is 1.26. The molecule has 1 aromatic carbocycles. The lowest BCUT2D eigenvalue weighted by molar-refractivity contribution is 0.687. The van der Waals surface area contributed by atoms with E-state index in [0.717, 1.165) is 12.6 Å². The van der Waals surface area contributed by atoms with Crippen LogP contribution in [-0.2, 0) is 6.54 Å². The van der Waals surface area contributed by atoms with E-state index in [0.29, 0.717) is 0 Å². The van der Waals surface area contributed by atoms with Crippen molar-refractivity contribution >= 4 is 11.8 Å². The predicted molar refractivity (Wildman–Crippen MR) is 76.6 cm³/mol. The third-order valence-corrected chi connectivity index (χ3v) is 4.21. The second kappa shape index (κ2) is 7.07. The Morgan fingerprint density at radius 2 is 1.94 bits per heavy atom. The molecular formula is C15H23NS. The quantitative estimate of drug-likeness (QED) is 0.547. The van der Waals surface area contributed by atoms with Crippen molar-refractivity contribution < 1.29 is 0 Å². The second-order valence-corrected chi connectivity index (χ2v) is 6.02. The molecule has 0 spiro atoms. The molecule has 1 N–H and O–H groups in total. The molecule has 1 fully saturated rings. The number of unbranched alkanes of at least 4 members (excludes halogenated alkanes) is 2. The fourth-order valence-electron chi connectivity index (χ4n) is 1.80. The van der Waals surface area contributed by atoms with Crippen LogP contribution in [0.2, 0.25) is 0 Å². The van der Waals surface area contributed by atoms with Crippen molar-refractivity contribution in [2.45, 2.75) is 56.5 Å². The molecule has 0 saturated heterocycles. The van der Waals surface area contributed by atoms with E-state index in [1.807, 2.05) is 11.8 Å². The molecule has 1 aliphatic rings. The van der Waals surface area contributed by atoms with Crippen LogP contribution in [0.1, 0.15) is 44.6 Å². The van der Waals surface area contributed by atoms with E-state index >= 15 is 0 Å². The van der Waals surface area contributed by atoms with Gasteiger partial charge in [0.1, 0.15) is 0 Å². The highest BCUT2D eigenvalue weighted by Gasteiger charge is 2.19. The first-order chi connectivity index (χ1) is 8.38. The zero-order chi connectivity index (χ0) is 11.9. The van der Waals surface area contributed by atoms with Crippen LogP contribution in [0.3, 0.4) is 0 Å². The molecule has 1 saturated carbocycles. The maximum Gasteiger partial charge on any atom is 0.0208 e. The molecular weight excluding hydrogens is 226 g/mol. The van der Waals surface area contributed by atoms with Gasteiger partial charge in [-0.15, -0.1) is 11.8 Å². The average Bonchev–Trinajstić information content (AvgIpc) is 3.18. The zero-order valence-corrected chi connectivity index (χ0v) is 11.6. The van der Waals surface area contributed by atoms with Crippen molar-refractivity contribution in [1.29, 1.82) is 0 Å². The van der Waals surface area contributed by atoms with Gasteiger partial charge in [0.2, 0.25) is 0 Å². The van der Waals surface area contributed by atoms with Crippen molar-refractivity contribution in [2.75, 3.05) is 5.75 Å². The van der Waals surface area contributed by atoms with Crippen molar-refractivity contribution in [3.05, 3.63) is 29.8 Å². The Bertz CT molecular complexity index is 316. The van der Waals surface area contributed by atoms with E-state index in [2.05, 4.69) is 36.5 Å². The van der Waals surface area contributed by atoms with E-state index < -0.39 is 0 Å². The summed E-state index contributed by atoms with van der Waals surface area (Å²) in [6.45, 7) is 3.29. The molecule has 2 rings (SSSR count). The van der Waals surface area contributed by atoms with Crippen molar-refractivity contribution in [3.8, 4) is 0 Å². The minimum atomic E-state index is 0.804. The number of hydrogen-bond acceptors (Lipinski definition) is 2. The summed E-state index contributed by atoms with van der Waals surface area (Å²) in [7, 11) is 0.